The van der Waals surface area contributed by atoms with Crippen molar-refractivity contribution in [3.05, 3.63) is 64.4 Å². The van der Waals surface area contributed by atoms with Gasteiger partial charge in [0.1, 0.15) is 11.3 Å². The third-order valence-corrected chi connectivity index (χ3v) is 4.45. The fourth-order valence-corrected chi connectivity index (χ4v) is 3.04. The molecule has 0 spiro atoms. The maximum atomic E-state index is 11.4. The van der Waals surface area contributed by atoms with E-state index in [1.807, 2.05) is 33.8 Å². The number of hydrogen-bond donors (Lipinski definition) is 2. The van der Waals surface area contributed by atoms with E-state index in [4.69, 9.17) is 4.42 Å². The molecule has 0 amide bonds. The summed E-state index contributed by atoms with van der Waals surface area (Å²) in [6.07, 6.45) is 0. The maximum Gasteiger partial charge on any atom is 0.337 e. The minimum Gasteiger partial charge on any atom is -0.478 e. The molecule has 0 aliphatic rings. The van der Waals surface area contributed by atoms with Crippen molar-refractivity contribution in [2.45, 2.75) is 47.6 Å². The minimum absolute atomic E-state index is 0.0853. The Morgan fingerprint density at radius 2 is 1.77 bits per heavy atom. The van der Waals surface area contributed by atoms with Gasteiger partial charge >= 0.3 is 5.97 Å². The van der Waals surface area contributed by atoms with Crippen molar-refractivity contribution in [3.63, 3.8) is 0 Å². The lowest BCUT2D eigenvalue weighted by Gasteiger charge is -2.18. The molecule has 138 valence electrons. The average molecular weight is 353 g/mol. The molecular weight excluding hydrogens is 326 g/mol. The molecule has 1 unspecified atom stereocenters. The second kappa shape index (κ2) is 8.09. The van der Waals surface area contributed by atoms with Gasteiger partial charge in [0.25, 0.3) is 0 Å². The summed E-state index contributed by atoms with van der Waals surface area (Å²) in [6, 6.07) is 11.1. The molecule has 0 saturated carbocycles. The predicted molar refractivity (Wildman–Crippen MR) is 107 cm³/mol. The van der Waals surface area contributed by atoms with E-state index in [2.05, 4.69) is 31.3 Å². The Hall–Kier alpha value is -2.75. The number of rotatable bonds is 4. The van der Waals surface area contributed by atoms with Gasteiger partial charge < -0.3 is 14.8 Å². The molecule has 26 heavy (non-hydrogen) atoms. The summed E-state index contributed by atoms with van der Waals surface area (Å²) in [5.74, 6) is -0.0284. The van der Waals surface area contributed by atoms with Crippen molar-refractivity contribution < 1.29 is 14.3 Å². The third-order valence-electron chi connectivity index (χ3n) is 4.45. The maximum absolute atomic E-state index is 11.4. The molecule has 2 aromatic carbocycles. The van der Waals surface area contributed by atoms with Gasteiger partial charge in [0.15, 0.2) is 0 Å². The first-order chi connectivity index (χ1) is 12.4. The number of carbonyl (C=O) groups is 1. The van der Waals surface area contributed by atoms with Crippen LogP contribution < -0.4 is 5.32 Å². The summed E-state index contributed by atoms with van der Waals surface area (Å²) in [5, 5.41) is 13.8. The molecule has 0 fully saturated rings. The number of benzene rings is 2. The zero-order chi connectivity index (χ0) is 19.4. The van der Waals surface area contributed by atoms with Gasteiger partial charge in [0.05, 0.1) is 11.6 Å². The summed E-state index contributed by atoms with van der Waals surface area (Å²) in [5.41, 5.74) is 5.06. The zero-order valence-corrected chi connectivity index (χ0v) is 16.3. The molecule has 0 saturated heterocycles. The van der Waals surface area contributed by atoms with Crippen molar-refractivity contribution in [1.29, 1.82) is 0 Å². The quantitative estimate of drug-likeness (QED) is 0.581. The molecule has 3 rings (SSSR count). The summed E-state index contributed by atoms with van der Waals surface area (Å²) in [6.45, 7) is 12.1. The number of fused-ring (bicyclic) bond motifs is 1. The van der Waals surface area contributed by atoms with Crippen molar-refractivity contribution in [2.24, 2.45) is 0 Å². The van der Waals surface area contributed by atoms with Crippen molar-refractivity contribution in [3.8, 4) is 0 Å². The second-order valence-corrected chi connectivity index (χ2v) is 6.23. The summed E-state index contributed by atoms with van der Waals surface area (Å²) in [4.78, 5) is 11.4. The molecule has 1 atom stereocenters. The third kappa shape index (κ3) is 3.74. The highest BCUT2D eigenvalue weighted by Crippen LogP contribution is 2.33. The number of carboxylic acids is 1. The molecule has 1 heterocycles. The average Bonchev–Trinajstić information content (AvgIpc) is 2.91. The van der Waals surface area contributed by atoms with E-state index in [1.54, 1.807) is 18.2 Å². The molecule has 0 radical (unpaired) electrons. The van der Waals surface area contributed by atoms with Gasteiger partial charge in [-0.1, -0.05) is 32.0 Å². The number of para-hydroxylation sites is 1. The van der Waals surface area contributed by atoms with Crippen molar-refractivity contribution in [2.75, 3.05) is 5.32 Å². The van der Waals surface area contributed by atoms with Crippen LogP contribution in [-0.2, 0) is 0 Å². The Bertz CT molecular complexity index is 925. The highest BCUT2D eigenvalue weighted by Gasteiger charge is 2.18. The van der Waals surface area contributed by atoms with Crippen LogP contribution in [0.25, 0.3) is 11.0 Å². The molecule has 4 nitrogen and oxygen atoms in total. The zero-order valence-electron chi connectivity index (χ0n) is 16.3. The predicted octanol–water partition coefficient (Wildman–Crippen LogP) is 6.26. The molecule has 4 heteroatoms. The highest BCUT2D eigenvalue weighted by atomic mass is 16.4. The van der Waals surface area contributed by atoms with Crippen LogP contribution in [0.15, 0.2) is 40.8 Å². The van der Waals surface area contributed by atoms with Gasteiger partial charge in [-0.25, -0.2) is 4.79 Å². The Balaban J connectivity index is 0.00000117. The fourth-order valence-electron chi connectivity index (χ4n) is 3.04. The Kier molecular flexibility index (Phi) is 6.09. The van der Waals surface area contributed by atoms with E-state index in [9.17, 15) is 9.90 Å². The number of aryl methyl sites for hydroxylation is 3. The first-order valence-electron chi connectivity index (χ1n) is 8.97. The first-order valence-corrected chi connectivity index (χ1v) is 8.97. The number of carboxylic acid groups (broad SMARTS) is 1. The largest absolute Gasteiger partial charge is 0.478 e. The summed E-state index contributed by atoms with van der Waals surface area (Å²) < 4.78 is 5.97. The van der Waals surface area contributed by atoms with Crippen LogP contribution in [0.4, 0.5) is 5.69 Å². The van der Waals surface area contributed by atoms with Crippen molar-refractivity contribution >= 4 is 22.6 Å². The number of nitrogens with one attached hydrogen (secondary N) is 1. The normalized spacial score (nSPS) is 11.6. The van der Waals surface area contributed by atoms with Gasteiger partial charge in [0.2, 0.25) is 0 Å². The van der Waals surface area contributed by atoms with Gasteiger partial charge in [-0.15, -0.1) is 0 Å². The van der Waals surface area contributed by atoms with Gasteiger partial charge in [0, 0.05) is 16.6 Å². The van der Waals surface area contributed by atoms with E-state index >= 15 is 0 Å². The Morgan fingerprint density at radius 1 is 1.12 bits per heavy atom. The van der Waals surface area contributed by atoms with Crippen LogP contribution in [0, 0.1) is 20.8 Å². The van der Waals surface area contributed by atoms with E-state index in [0.29, 0.717) is 5.69 Å². The molecule has 0 aliphatic heterocycles. The topological polar surface area (TPSA) is 62.5 Å². The monoisotopic (exact) mass is 353 g/mol. The van der Waals surface area contributed by atoms with Crippen LogP contribution in [0.3, 0.4) is 0 Å². The minimum atomic E-state index is -0.940. The molecule has 3 aromatic rings. The highest BCUT2D eigenvalue weighted by molar-refractivity contribution is 5.94. The van der Waals surface area contributed by atoms with Gasteiger partial charge in [-0.3, -0.25) is 0 Å². The van der Waals surface area contributed by atoms with Gasteiger partial charge in [-0.05, 0) is 57.0 Å². The molecule has 0 bridgehead atoms. The van der Waals surface area contributed by atoms with Crippen molar-refractivity contribution in [1.82, 2.24) is 0 Å². The van der Waals surface area contributed by atoms with Crippen LogP contribution >= 0.6 is 0 Å². The van der Waals surface area contributed by atoms with E-state index in [0.717, 1.165) is 33.4 Å². The van der Waals surface area contributed by atoms with Gasteiger partial charge in [-0.2, -0.15) is 0 Å². The lowest BCUT2D eigenvalue weighted by Crippen LogP contribution is -2.11. The number of hydrogen-bond acceptors (Lipinski definition) is 3. The van der Waals surface area contributed by atoms with Crippen LogP contribution in [0.5, 0.6) is 0 Å². The van der Waals surface area contributed by atoms with E-state index < -0.39 is 5.97 Å². The lowest BCUT2D eigenvalue weighted by molar-refractivity contribution is 0.0698. The standard InChI is InChI=1S/C20H21NO3.C2H6/c1-11-9-16-12(2)14(4)24-19(16)17(10-11)13(3)21-18-8-6-5-7-15(18)20(22)23;1-2/h5-10,13,21H,1-4H3,(H,22,23);1-2H3. The summed E-state index contributed by atoms with van der Waals surface area (Å²) >= 11 is 0. The molecule has 0 aliphatic carbocycles. The number of aromatic carboxylic acids is 1. The number of furan rings is 1. The second-order valence-electron chi connectivity index (χ2n) is 6.23. The van der Waals surface area contributed by atoms with Crippen LogP contribution in [-0.4, -0.2) is 11.1 Å². The first kappa shape index (κ1) is 19.6. The molecular formula is C22H27NO3. The molecule has 1 aromatic heterocycles. The molecule has 2 N–H and O–H groups in total. The summed E-state index contributed by atoms with van der Waals surface area (Å²) in [7, 11) is 0. The smallest absolute Gasteiger partial charge is 0.337 e. The van der Waals surface area contributed by atoms with Crippen LogP contribution in [0.1, 0.15) is 59.6 Å². The van der Waals surface area contributed by atoms with E-state index in [-0.39, 0.29) is 11.6 Å². The Labute approximate surface area is 154 Å². The lowest BCUT2D eigenvalue weighted by atomic mass is 10.00. The van der Waals surface area contributed by atoms with E-state index in [1.165, 1.54) is 0 Å². The fraction of sp³-hybridized carbons (Fsp3) is 0.318. The van der Waals surface area contributed by atoms with Crippen LogP contribution in [0.2, 0.25) is 0 Å². The Morgan fingerprint density at radius 3 is 2.42 bits per heavy atom. The number of anilines is 1. The SMILES string of the molecule is CC.Cc1cc(C(C)Nc2ccccc2C(=O)O)c2oc(C)c(C)c2c1.